The molecule has 4 rings (SSSR count). The lowest BCUT2D eigenvalue weighted by Crippen LogP contribution is -2.51. The summed E-state index contributed by atoms with van der Waals surface area (Å²) < 4.78 is 7.73. The summed E-state index contributed by atoms with van der Waals surface area (Å²) in [7, 11) is 2.21. The number of aryl methyl sites for hydroxylation is 2. The van der Waals surface area contributed by atoms with E-state index in [-0.39, 0.29) is 0 Å². The maximum Gasteiger partial charge on any atom is 0.0658 e. The summed E-state index contributed by atoms with van der Waals surface area (Å²) in [5, 5.41) is 4.60. The van der Waals surface area contributed by atoms with Crippen LogP contribution >= 0.6 is 0 Å². The lowest BCUT2D eigenvalue weighted by atomic mass is 9.90. The van der Waals surface area contributed by atoms with E-state index in [1.165, 1.54) is 16.8 Å². The van der Waals surface area contributed by atoms with Crippen LogP contribution in [0.3, 0.4) is 0 Å². The van der Waals surface area contributed by atoms with Gasteiger partial charge in [-0.3, -0.25) is 4.90 Å². The molecule has 0 spiro atoms. The van der Waals surface area contributed by atoms with Crippen LogP contribution in [0.2, 0.25) is 0 Å². The third kappa shape index (κ3) is 2.62. The molecule has 23 heavy (non-hydrogen) atoms. The van der Waals surface area contributed by atoms with E-state index in [1.807, 2.05) is 11.6 Å². The normalized spacial score (nSPS) is 24.6. The molecule has 0 aliphatic carbocycles. The summed E-state index contributed by atoms with van der Waals surface area (Å²) in [6.07, 6.45) is 3.42. The summed E-state index contributed by atoms with van der Waals surface area (Å²) in [6, 6.07) is 11.7. The van der Waals surface area contributed by atoms with Gasteiger partial charge in [0, 0.05) is 11.7 Å². The van der Waals surface area contributed by atoms with Crippen molar-refractivity contribution in [3.8, 4) is 5.69 Å². The molecule has 2 aliphatic heterocycles. The van der Waals surface area contributed by atoms with E-state index in [2.05, 4.69) is 60.4 Å². The first-order chi connectivity index (χ1) is 11.1. The van der Waals surface area contributed by atoms with Gasteiger partial charge in [-0.2, -0.15) is 5.10 Å². The fourth-order valence-electron chi connectivity index (χ4n) is 3.70. The van der Waals surface area contributed by atoms with Crippen LogP contribution in [0.25, 0.3) is 11.3 Å². The zero-order valence-corrected chi connectivity index (χ0v) is 14.0. The second-order valence-electron chi connectivity index (χ2n) is 6.71. The van der Waals surface area contributed by atoms with Crippen molar-refractivity contribution in [1.29, 1.82) is 0 Å². The van der Waals surface area contributed by atoms with E-state index in [1.54, 1.807) is 0 Å². The third-order valence-corrected chi connectivity index (χ3v) is 5.02. The van der Waals surface area contributed by atoms with Crippen molar-refractivity contribution in [2.24, 2.45) is 0 Å². The minimum absolute atomic E-state index is 0.398. The number of morpholine rings is 1. The molecule has 2 atom stereocenters. The number of nitrogens with zero attached hydrogens (tertiary/aromatic N) is 3. The van der Waals surface area contributed by atoms with Gasteiger partial charge in [0.05, 0.1) is 30.6 Å². The molecule has 2 bridgehead atoms. The van der Waals surface area contributed by atoms with Crippen molar-refractivity contribution >= 4 is 5.57 Å². The van der Waals surface area contributed by atoms with E-state index >= 15 is 0 Å². The number of benzene rings is 1. The molecular weight excluding hydrogens is 286 g/mol. The van der Waals surface area contributed by atoms with E-state index in [9.17, 15) is 0 Å². The monoisotopic (exact) mass is 309 g/mol. The van der Waals surface area contributed by atoms with Crippen LogP contribution in [0.1, 0.15) is 23.4 Å². The van der Waals surface area contributed by atoms with Gasteiger partial charge < -0.3 is 4.74 Å². The van der Waals surface area contributed by atoms with Gasteiger partial charge in [0.2, 0.25) is 0 Å². The molecule has 1 aromatic heterocycles. The SMILES string of the molecule is Cc1cc(C)n(-c2cccc(C3=CC4COCC(C3)N4C)c2)n1. The topological polar surface area (TPSA) is 30.3 Å². The molecule has 4 nitrogen and oxygen atoms in total. The molecule has 2 unspecified atom stereocenters. The Labute approximate surface area is 137 Å². The Morgan fingerprint density at radius 2 is 2.04 bits per heavy atom. The summed E-state index contributed by atoms with van der Waals surface area (Å²) in [6.45, 7) is 5.77. The Kier molecular flexibility index (Phi) is 3.58. The summed E-state index contributed by atoms with van der Waals surface area (Å²) in [4.78, 5) is 2.44. The van der Waals surface area contributed by atoms with Crippen LogP contribution in [-0.4, -0.2) is 47.0 Å². The van der Waals surface area contributed by atoms with Gasteiger partial charge in [-0.25, -0.2) is 4.68 Å². The molecule has 3 heterocycles. The van der Waals surface area contributed by atoms with Crippen LogP contribution in [-0.2, 0) is 4.74 Å². The smallest absolute Gasteiger partial charge is 0.0658 e. The van der Waals surface area contributed by atoms with Gasteiger partial charge in [-0.05, 0) is 56.7 Å². The number of aromatic nitrogens is 2. The maximum atomic E-state index is 5.70. The first kappa shape index (κ1) is 14.7. The molecular formula is C19H23N3O. The molecule has 2 aromatic rings. The summed E-state index contributed by atoms with van der Waals surface area (Å²) >= 11 is 0. The molecule has 1 saturated heterocycles. The van der Waals surface area contributed by atoms with Crippen LogP contribution in [0.5, 0.6) is 0 Å². The molecule has 1 aromatic carbocycles. The Morgan fingerprint density at radius 1 is 1.17 bits per heavy atom. The molecule has 0 saturated carbocycles. The van der Waals surface area contributed by atoms with Gasteiger partial charge >= 0.3 is 0 Å². The Hall–Kier alpha value is -1.91. The predicted octanol–water partition coefficient (Wildman–Crippen LogP) is 2.98. The van der Waals surface area contributed by atoms with Crippen LogP contribution < -0.4 is 0 Å². The second kappa shape index (κ2) is 5.62. The summed E-state index contributed by atoms with van der Waals surface area (Å²) in [5.41, 5.74) is 6.10. The number of rotatable bonds is 2. The highest BCUT2D eigenvalue weighted by molar-refractivity contribution is 5.69. The zero-order chi connectivity index (χ0) is 16.0. The van der Waals surface area contributed by atoms with Crippen molar-refractivity contribution < 1.29 is 4.74 Å². The van der Waals surface area contributed by atoms with Crippen LogP contribution in [0.15, 0.2) is 36.4 Å². The average molecular weight is 309 g/mol. The van der Waals surface area contributed by atoms with Crippen molar-refractivity contribution in [3.63, 3.8) is 0 Å². The fraction of sp³-hybridized carbons (Fsp3) is 0.421. The van der Waals surface area contributed by atoms with Gasteiger partial charge in [0.25, 0.3) is 0 Å². The van der Waals surface area contributed by atoms with E-state index in [0.717, 1.165) is 31.0 Å². The van der Waals surface area contributed by atoms with Gasteiger partial charge in [-0.15, -0.1) is 0 Å². The van der Waals surface area contributed by atoms with Crippen LogP contribution in [0.4, 0.5) is 0 Å². The second-order valence-corrected chi connectivity index (χ2v) is 6.71. The number of ether oxygens (including phenoxy) is 1. The van der Waals surface area contributed by atoms with Crippen molar-refractivity contribution in [2.45, 2.75) is 32.4 Å². The highest BCUT2D eigenvalue weighted by atomic mass is 16.5. The quantitative estimate of drug-likeness (QED) is 0.854. The highest BCUT2D eigenvalue weighted by Crippen LogP contribution is 2.32. The van der Waals surface area contributed by atoms with Crippen LogP contribution in [0, 0.1) is 13.8 Å². The largest absolute Gasteiger partial charge is 0.378 e. The standard InChI is InChI=1S/C19H23N3O/c1-13-7-14(2)22(20-13)17-6-4-5-15(8-17)16-9-18-11-23-12-19(10-16)21(18)3/h4-9,18-19H,10-12H2,1-3H3. The molecule has 2 aliphatic rings. The Morgan fingerprint density at radius 3 is 2.78 bits per heavy atom. The molecule has 0 N–H and O–H groups in total. The van der Waals surface area contributed by atoms with Crippen molar-refractivity contribution in [3.05, 3.63) is 53.4 Å². The number of likely N-dealkylation sites (N-methyl/N-ethyl adjacent to an activating group) is 1. The number of hydrogen-bond acceptors (Lipinski definition) is 3. The summed E-state index contributed by atoms with van der Waals surface area (Å²) in [5.74, 6) is 0. The predicted molar refractivity (Wildman–Crippen MR) is 91.8 cm³/mol. The minimum Gasteiger partial charge on any atom is -0.378 e. The zero-order valence-electron chi connectivity index (χ0n) is 14.0. The number of hydrogen-bond donors (Lipinski definition) is 0. The molecule has 4 heteroatoms. The fourth-order valence-corrected chi connectivity index (χ4v) is 3.70. The number of fused-ring (bicyclic) bond motifs is 2. The van der Waals surface area contributed by atoms with Crippen molar-refractivity contribution in [2.75, 3.05) is 20.3 Å². The van der Waals surface area contributed by atoms with Crippen molar-refractivity contribution in [1.82, 2.24) is 14.7 Å². The maximum absolute atomic E-state index is 5.70. The minimum atomic E-state index is 0.398. The van der Waals surface area contributed by atoms with E-state index in [4.69, 9.17) is 4.74 Å². The Balaban J connectivity index is 1.71. The first-order valence-corrected chi connectivity index (χ1v) is 8.26. The average Bonchev–Trinajstić information content (AvgIpc) is 2.86. The van der Waals surface area contributed by atoms with E-state index < -0.39 is 0 Å². The Bertz CT molecular complexity index is 762. The van der Waals surface area contributed by atoms with Gasteiger partial charge in [0.15, 0.2) is 0 Å². The van der Waals surface area contributed by atoms with Gasteiger partial charge in [0.1, 0.15) is 0 Å². The molecule has 0 amide bonds. The molecule has 1 fully saturated rings. The van der Waals surface area contributed by atoms with Gasteiger partial charge in [-0.1, -0.05) is 18.2 Å². The first-order valence-electron chi connectivity index (χ1n) is 8.26. The highest BCUT2D eigenvalue weighted by Gasteiger charge is 2.32. The lowest BCUT2D eigenvalue weighted by Gasteiger charge is -2.42. The molecule has 0 radical (unpaired) electrons. The molecule has 120 valence electrons. The third-order valence-electron chi connectivity index (χ3n) is 5.02. The lowest BCUT2D eigenvalue weighted by molar-refractivity contribution is -0.0221. The van der Waals surface area contributed by atoms with E-state index in [0.29, 0.717) is 12.1 Å².